The molecule has 2 aliphatic heterocycles. The monoisotopic (exact) mass is 506 g/mol. The van der Waals surface area contributed by atoms with Gasteiger partial charge in [0.05, 0.1) is 24.0 Å². The Morgan fingerprint density at radius 2 is 1.89 bits per heavy atom. The number of aromatic nitrogens is 3. The van der Waals surface area contributed by atoms with Crippen LogP contribution in [0.15, 0.2) is 42.9 Å². The van der Waals surface area contributed by atoms with Gasteiger partial charge in [0.15, 0.2) is 17.9 Å². The molecule has 0 radical (unpaired) electrons. The summed E-state index contributed by atoms with van der Waals surface area (Å²) in [4.78, 5) is 26.1. The molecule has 3 aromatic rings. The van der Waals surface area contributed by atoms with Crippen LogP contribution in [0.25, 0.3) is 11.4 Å². The van der Waals surface area contributed by atoms with Crippen molar-refractivity contribution in [1.29, 1.82) is 0 Å². The van der Waals surface area contributed by atoms with Gasteiger partial charge in [0.25, 0.3) is 0 Å². The molecule has 3 aliphatic rings. The lowest BCUT2D eigenvalue weighted by Gasteiger charge is -2.50. The first kappa shape index (κ1) is 23.5. The number of hydrogen-bond donors (Lipinski definition) is 0. The van der Waals surface area contributed by atoms with E-state index in [1.54, 1.807) is 12.1 Å². The second-order valence-electron chi connectivity index (χ2n) is 8.64. The first-order valence-electron chi connectivity index (χ1n) is 11.0. The van der Waals surface area contributed by atoms with E-state index < -0.39 is 17.6 Å². The summed E-state index contributed by atoms with van der Waals surface area (Å²) >= 11 is 6.07. The summed E-state index contributed by atoms with van der Waals surface area (Å²) in [6.07, 6.45) is 0.997. The molecule has 1 aliphatic carbocycles. The fourth-order valence-electron chi connectivity index (χ4n) is 4.92. The van der Waals surface area contributed by atoms with Crippen molar-refractivity contribution < 1.29 is 27.1 Å². The average Bonchev–Trinajstić information content (AvgIpc) is 2.85. The third kappa shape index (κ3) is 4.54. The highest BCUT2D eigenvalue weighted by atomic mass is 35.5. The summed E-state index contributed by atoms with van der Waals surface area (Å²) in [7, 11) is 0. The van der Waals surface area contributed by atoms with Gasteiger partial charge >= 0.3 is 6.18 Å². The highest BCUT2D eigenvalue weighted by Crippen LogP contribution is 2.42. The van der Waals surface area contributed by atoms with Crippen molar-refractivity contribution in [2.45, 2.75) is 37.6 Å². The number of aldehydes is 1. The van der Waals surface area contributed by atoms with E-state index in [1.807, 2.05) is 6.07 Å². The van der Waals surface area contributed by atoms with Crippen LogP contribution in [0, 0.1) is 11.7 Å². The fraction of sp³-hybridized carbons (Fsp3) is 0.333. The molecule has 2 saturated heterocycles. The van der Waals surface area contributed by atoms with Gasteiger partial charge in [-0.1, -0.05) is 23.7 Å². The lowest BCUT2D eigenvalue weighted by molar-refractivity contribution is -0.137. The highest BCUT2D eigenvalue weighted by molar-refractivity contribution is 6.31. The standard InChI is InChI=1S/C24H19ClF4N4O2/c25-18-7-14(24(27,28)29)8-32-23(18)35-21-6-13-4-5-20(21)33(11-13)19-3-1-2-16(17(19)12-34)22-30-9-15(26)10-31-22/h1-3,7-10,12-13,20-21H,4-6,11H2/t13-,20+,21-/m1/s1. The Labute approximate surface area is 202 Å². The fourth-order valence-corrected chi connectivity index (χ4v) is 5.13. The first-order chi connectivity index (χ1) is 16.7. The molecule has 3 atom stereocenters. The molecular formula is C24H19ClF4N4O2. The molecule has 182 valence electrons. The molecule has 4 heterocycles. The van der Waals surface area contributed by atoms with E-state index in [4.69, 9.17) is 16.3 Å². The molecule has 6 rings (SSSR count). The van der Waals surface area contributed by atoms with Gasteiger partial charge in [-0.25, -0.2) is 19.3 Å². The van der Waals surface area contributed by atoms with Crippen LogP contribution in [-0.4, -0.2) is 39.9 Å². The molecule has 2 aromatic heterocycles. The number of piperidine rings is 2. The van der Waals surface area contributed by atoms with Crippen LogP contribution >= 0.6 is 11.6 Å². The zero-order valence-corrected chi connectivity index (χ0v) is 18.9. The molecule has 2 bridgehead atoms. The van der Waals surface area contributed by atoms with Crippen LogP contribution in [0.5, 0.6) is 5.88 Å². The molecule has 0 spiro atoms. The van der Waals surface area contributed by atoms with E-state index in [0.29, 0.717) is 36.0 Å². The average molecular weight is 507 g/mol. The molecule has 11 heteroatoms. The first-order valence-corrected chi connectivity index (χ1v) is 11.3. The molecule has 0 amide bonds. The maximum Gasteiger partial charge on any atom is 0.417 e. The molecule has 3 fully saturated rings. The second kappa shape index (κ2) is 9.07. The molecule has 1 saturated carbocycles. The van der Waals surface area contributed by atoms with E-state index in [2.05, 4.69) is 19.9 Å². The van der Waals surface area contributed by atoms with Crippen LogP contribution in [0.4, 0.5) is 23.2 Å². The predicted octanol–water partition coefficient (Wildman–Crippen LogP) is 5.60. The summed E-state index contributed by atoms with van der Waals surface area (Å²) in [5.41, 5.74) is 0.567. The van der Waals surface area contributed by atoms with Gasteiger partial charge in [0.1, 0.15) is 11.1 Å². The number of alkyl halides is 3. The topological polar surface area (TPSA) is 68.2 Å². The third-order valence-corrected chi connectivity index (χ3v) is 6.76. The summed E-state index contributed by atoms with van der Waals surface area (Å²) in [6, 6.07) is 5.94. The van der Waals surface area contributed by atoms with Gasteiger partial charge in [0.2, 0.25) is 5.88 Å². The van der Waals surface area contributed by atoms with Crippen LogP contribution in [0.1, 0.15) is 35.2 Å². The van der Waals surface area contributed by atoms with Crippen molar-refractivity contribution >= 4 is 23.6 Å². The van der Waals surface area contributed by atoms with Crippen molar-refractivity contribution in [2.24, 2.45) is 5.92 Å². The number of pyridine rings is 1. The van der Waals surface area contributed by atoms with E-state index >= 15 is 0 Å². The Bertz CT molecular complexity index is 1260. The van der Waals surface area contributed by atoms with Gasteiger partial charge in [-0.3, -0.25) is 4.79 Å². The van der Waals surface area contributed by atoms with E-state index in [9.17, 15) is 22.4 Å². The van der Waals surface area contributed by atoms with Crippen LogP contribution < -0.4 is 9.64 Å². The number of carbonyl (C=O) groups excluding carboxylic acids is 1. The molecule has 1 aromatic carbocycles. The van der Waals surface area contributed by atoms with Crippen molar-refractivity contribution in [2.75, 3.05) is 11.4 Å². The van der Waals surface area contributed by atoms with E-state index in [1.165, 1.54) is 0 Å². The van der Waals surface area contributed by atoms with Gasteiger partial charge in [0, 0.05) is 29.6 Å². The van der Waals surface area contributed by atoms with E-state index in [-0.39, 0.29) is 34.8 Å². The number of ether oxygens (including phenoxy) is 1. The molecule has 35 heavy (non-hydrogen) atoms. The predicted molar refractivity (Wildman–Crippen MR) is 120 cm³/mol. The van der Waals surface area contributed by atoms with Crippen LogP contribution in [0.2, 0.25) is 5.02 Å². The van der Waals surface area contributed by atoms with Crippen molar-refractivity contribution in [3.8, 4) is 17.3 Å². The number of anilines is 1. The number of carbonyl (C=O) groups is 1. The Kier molecular flexibility index (Phi) is 6.08. The van der Waals surface area contributed by atoms with Gasteiger partial charge in [-0.05, 0) is 37.3 Å². The van der Waals surface area contributed by atoms with Crippen LogP contribution in [-0.2, 0) is 6.18 Å². The summed E-state index contributed by atoms with van der Waals surface area (Å²) in [5.74, 6) is -0.155. The van der Waals surface area contributed by atoms with Crippen LogP contribution in [0.3, 0.4) is 0 Å². The summed E-state index contributed by atoms with van der Waals surface area (Å²) in [6.45, 7) is 0.688. The van der Waals surface area contributed by atoms with Crippen molar-refractivity contribution in [3.05, 3.63) is 64.8 Å². The van der Waals surface area contributed by atoms with Crippen molar-refractivity contribution in [3.63, 3.8) is 0 Å². The minimum absolute atomic E-state index is 0.0544. The van der Waals surface area contributed by atoms with Gasteiger partial charge < -0.3 is 9.64 Å². The summed E-state index contributed by atoms with van der Waals surface area (Å²) < 4.78 is 58.2. The number of fused-ring (bicyclic) bond motifs is 3. The number of rotatable bonds is 5. The Balaban J connectivity index is 1.45. The van der Waals surface area contributed by atoms with E-state index in [0.717, 1.165) is 37.6 Å². The Hall–Kier alpha value is -3.27. The lowest BCUT2D eigenvalue weighted by atomic mass is 9.77. The normalized spacial score (nSPS) is 21.7. The quantitative estimate of drug-likeness (QED) is 0.331. The Morgan fingerprint density at radius 1 is 1.11 bits per heavy atom. The zero-order valence-electron chi connectivity index (χ0n) is 18.2. The zero-order chi connectivity index (χ0) is 24.7. The lowest BCUT2D eigenvalue weighted by Crippen LogP contribution is -2.58. The van der Waals surface area contributed by atoms with Gasteiger partial charge in [-0.15, -0.1) is 0 Å². The SMILES string of the molecule is O=Cc1c(-c2ncc(F)cn2)cccc1N1C[C@@H]2CC[C@H]1[C@H](Oc1ncc(C(F)(F)F)cc1Cl)C2. The number of benzene rings is 1. The van der Waals surface area contributed by atoms with Crippen molar-refractivity contribution in [1.82, 2.24) is 15.0 Å². The molecule has 6 nitrogen and oxygen atoms in total. The molecular weight excluding hydrogens is 488 g/mol. The summed E-state index contributed by atoms with van der Waals surface area (Å²) in [5, 5.41) is -0.211. The molecule has 0 N–H and O–H groups in total. The van der Waals surface area contributed by atoms with Gasteiger partial charge in [-0.2, -0.15) is 13.2 Å². The maximum atomic E-state index is 13.3. The maximum absolute atomic E-state index is 13.3. The number of nitrogens with zero attached hydrogens (tertiary/aromatic N) is 4. The largest absolute Gasteiger partial charge is 0.471 e. The minimum atomic E-state index is -4.56. The molecule has 0 unspecified atom stereocenters. The minimum Gasteiger partial charge on any atom is -0.471 e. The number of halogens is 5. The smallest absolute Gasteiger partial charge is 0.417 e. The highest BCUT2D eigenvalue weighted by Gasteiger charge is 2.43. The Morgan fingerprint density at radius 3 is 2.54 bits per heavy atom. The third-order valence-electron chi connectivity index (χ3n) is 6.49. The number of hydrogen-bond acceptors (Lipinski definition) is 6. The second-order valence-corrected chi connectivity index (χ2v) is 9.05.